The molecule has 9 heteroatoms. The fraction of sp³-hybridized carbons (Fsp3) is 0.649. The molecule has 0 aromatic rings. The average molecular weight is 1210 g/mol. The predicted octanol–water partition coefficient (Wildman–Crippen LogP) is 21.9. The van der Waals surface area contributed by atoms with Crippen molar-refractivity contribution >= 4 is 13.7 Å². The van der Waals surface area contributed by atoms with E-state index >= 15 is 0 Å². The van der Waals surface area contributed by atoms with Crippen molar-refractivity contribution in [3.63, 3.8) is 0 Å². The van der Waals surface area contributed by atoms with E-state index in [9.17, 15) is 19.4 Å². The van der Waals surface area contributed by atoms with Gasteiger partial charge in [0.1, 0.15) is 13.2 Å². The Labute approximate surface area is 531 Å². The van der Waals surface area contributed by atoms with E-state index in [1.54, 1.807) is 6.08 Å². The van der Waals surface area contributed by atoms with Crippen LogP contribution in [0.4, 0.5) is 0 Å². The minimum absolute atomic E-state index is 0.0216. The van der Waals surface area contributed by atoms with Gasteiger partial charge in [0, 0.05) is 6.42 Å². The van der Waals surface area contributed by atoms with Crippen LogP contribution in [0.25, 0.3) is 0 Å². The molecule has 0 bridgehead atoms. The Morgan fingerprint density at radius 1 is 0.419 bits per heavy atom. The molecular formula is C77H131N2O6P. The van der Waals surface area contributed by atoms with Gasteiger partial charge >= 0.3 is 0 Å². The van der Waals surface area contributed by atoms with Gasteiger partial charge in [0.05, 0.1) is 39.9 Å². The molecule has 0 spiro atoms. The number of hydrogen-bond donors (Lipinski definition) is 2. The first-order valence-corrected chi connectivity index (χ1v) is 36.3. The Morgan fingerprint density at radius 3 is 1.08 bits per heavy atom. The van der Waals surface area contributed by atoms with Crippen molar-refractivity contribution in [2.45, 2.75) is 283 Å². The average Bonchev–Trinajstić information content (AvgIpc) is 3.70. The van der Waals surface area contributed by atoms with Crippen molar-refractivity contribution in [3.05, 3.63) is 158 Å². The zero-order chi connectivity index (χ0) is 62.6. The predicted molar refractivity (Wildman–Crippen MR) is 375 cm³/mol. The van der Waals surface area contributed by atoms with Crippen LogP contribution in [0.1, 0.15) is 271 Å². The molecule has 0 saturated heterocycles. The zero-order valence-electron chi connectivity index (χ0n) is 56.0. The van der Waals surface area contributed by atoms with Gasteiger partial charge in [-0.3, -0.25) is 9.36 Å². The van der Waals surface area contributed by atoms with Crippen molar-refractivity contribution in [2.75, 3.05) is 40.9 Å². The van der Waals surface area contributed by atoms with E-state index in [0.29, 0.717) is 17.4 Å². The second kappa shape index (κ2) is 65.6. The number of rotatable bonds is 62. The molecular weight excluding hydrogens is 1080 g/mol. The van der Waals surface area contributed by atoms with Crippen LogP contribution in [0.5, 0.6) is 0 Å². The van der Waals surface area contributed by atoms with E-state index in [1.165, 1.54) is 135 Å². The lowest BCUT2D eigenvalue weighted by Gasteiger charge is -2.29. The Kier molecular flexibility index (Phi) is 62.6. The molecule has 0 saturated carbocycles. The largest absolute Gasteiger partial charge is 0.756 e. The number of hydrogen-bond acceptors (Lipinski definition) is 6. The molecule has 0 radical (unpaired) electrons. The molecule has 1 amide bonds. The number of phosphoric acid groups is 1. The number of carbonyl (C=O) groups is 1. The monoisotopic (exact) mass is 1210 g/mol. The molecule has 0 fully saturated rings. The maximum Gasteiger partial charge on any atom is 0.268 e. The summed E-state index contributed by atoms with van der Waals surface area (Å²) in [5, 5.41) is 13.9. The fourth-order valence-electron chi connectivity index (χ4n) is 9.35. The first kappa shape index (κ1) is 82.1. The van der Waals surface area contributed by atoms with Gasteiger partial charge in [-0.25, -0.2) is 0 Å². The Bertz CT molecular complexity index is 1960. The number of likely N-dealkylation sites (N-methyl/N-ethyl adjacent to an activating group) is 1. The summed E-state index contributed by atoms with van der Waals surface area (Å²) in [6, 6.07) is -0.936. The quantitative estimate of drug-likeness (QED) is 0.0272. The third-order valence-corrected chi connectivity index (χ3v) is 15.7. The molecule has 86 heavy (non-hydrogen) atoms. The first-order chi connectivity index (χ1) is 42.0. The van der Waals surface area contributed by atoms with Crippen LogP contribution in [0, 0.1) is 0 Å². The summed E-state index contributed by atoms with van der Waals surface area (Å²) in [5.74, 6) is -0.243. The lowest BCUT2D eigenvalue weighted by molar-refractivity contribution is -0.870. The molecule has 0 heterocycles. The second-order valence-corrected chi connectivity index (χ2v) is 25.6. The second-order valence-electron chi connectivity index (χ2n) is 24.1. The number of carbonyl (C=O) groups excluding carboxylic acids is 1. The summed E-state index contributed by atoms with van der Waals surface area (Å²) in [5.41, 5.74) is 0. The van der Waals surface area contributed by atoms with Gasteiger partial charge in [-0.1, -0.05) is 307 Å². The van der Waals surface area contributed by atoms with Crippen LogP contribution in [0.3, 0.4) is 0 Å². The third kappa shape index (κ3) is 67.6. The van der Waals surface area contributed by atoms with Gasteiger partial charge in [-0.05, 0) is 116 Å². The normalized spacial score (nSPS) is 14.6. The van der Waals surface area contributed by atoms with Crippen LogP contribution in [-0.4, -0.2) is 68.5 Å². The fourth-order valence-corrected chi connectivity index (χ4v) is 10.1. The molecule has 490 valence electrons. The van der Waals surface area contributed by atoms with Crippen molar-refractivity contribution in [2.24, 2.45) is 0 Å². The third-order valence-electron chi connectivity index (χ3n) is 14.7. The molecule has 8 nitrogen and oxygen atoms in total. The molecule has 0 aliphatic carbocycles. The number of aliphatic hydroxyl groups excluding tert-OH is 1. The zero-order valence-corrected chi connectivity index (χ0v) is 56.8. The van der Waals surface area contributed by atoms with Crippen molar-refractivity contribution in [3.8, 4) is 0 Å². The highest BCUT2D eigenvalue weighted by atomic mass is 31.2. The van der Waals surface area contributed by atoms with Gasteiger partial charge < -0.3 is 28.8 Å². The summed E-state index contributed by atoms with van der Waals surface area (Å²) < 4.78 is 23.4. The highest BCUT2D eigenvalue weighted by Crippen LogP contribution is 2.38. The van der Waals surface area contributed by atoms with E-state index in [0.717, 1.165) is 109 Å². The smallest absolute Gasteiger partial charge is 0.268 e. The number of quaternary nitrogens is 1. The van der Waals surface area contributed by atoms with Crippen molar-refractivity contribution < 1.29 is 32.9 Å². The van der Waals surface area contributed by atoms with Crippen LogP contribution >= 0.6 is 7.82 Å². The summed E-state index contributed by atoms with van der Waals surface area (Å²) >= 11 is 0. The number of nitrogens with one attached hydrogen (secondary N) is 1. The summed E-state index contributed by atoms with van der Waals surface area (Å²) in [4.78, 5) is 25.6. The maximum absolute atomic E-state index is 13.0. The van der Waals surface area contributed by atoms with Gasteiger partial charge in [0.2, 0.25) is 5.91 Å². The van der Waals surface area contributed by atoms with Gasteiger partial charge in [-0.2, -0.15) is 0 Å². The summed E-state index contributed by atoms with van der Waals surface area (Å²) in [6.45, 7) is 4.49. The number of unbranched alkanes of at least 4 members (excludes halogenated alkanes) is 25. The number of amides is 1. The van der Waals surface area contributed by atoms with E-state index in [2.05, 4.69) is 165 Å². The van der Waals surface area contributed by atoms with Crippen LogP contribution < -0.4 is 10.2 Å². The van der Waals surface area contributed by atoms with Crippen molar-refractivity contribution in [1.29, 1.82) is 0 Å². The minimum Gasteiger partial charge on any atom is -0.756 e. The molecule has 0 aliphatic heterocycles. The molecule has 0 aromatic heterocycles. The maximum atomic E-state index is 13.0. The standard InChI is InChI=1S/C77H131N2O6P/c1-6-8-10-12-14-16-18-20-22-24-26-28-30-32-34-35-36-37-38-39-40-41-42-43-45-47-49-51-53-55-57-59-61-63-65-67-69-71-77(81)78-75(74-85-86(82,83)84-73-72-79(3,4)5)76(80)70-68-66-64-62-60-58-56-54-52-50-48-46-44-33-31-29-27-25-23-21-19-17-15-13-11-9-7-2/h8,10,14,16,20,22,26,28,32,34,36-37,39-40,42-43,47,49,53,55,59-62,68,70,75-76,80H,6-7,9,11-13,15,17-19,21,23-25,27,29-31,33,35,38,41,44-46,48,50-52,54,56-58,63-67,69,71-74H2,1-5H3,(H-,78,81,82,83)/b10-8-,16-14-,22-20-,28-26-,34-32-,37-36-,40-39-,43-42-,49-47-,55-53-,61-59-,62-60+,70-68+. The molecule has 0 aromatic carbocycles. The Hall–Kier alpha value is -3.88. The summed E-state index contributed by atoms with van der Waals surface area (Å²) in [6.07, 6.45) is 102. The number of phosphoric ester groups is 1. The minimum atomic E-state index is -4.63. The van der Waals surface area contributed by atoms with Gasteiger partial charge in [0.15, 0.2) is 0 Å². The molecule has 3 atom stereocenters. The van der Waals surface area contributed by atoms with E-state index in [-0.39, 0.29) is 18.9 Å². The van der Waals surface area contributed by atoms with Gasteiger partial charge in [-0.15, -0.1) is 0 Å². The molecule has 0 rings (SSSR count). The van der Waals surface area contributed by atoms with Crippen LogP contribution in [-0.2, 0) is 18.4 Å². The van der Waals surface area contributed by atoms with Crippen LogP contribution in [0.2, 0.25) is 0 Å². The highest BCUT2D eigenvalue weighted by Gasteiger charge is 2.23. The molecule has 3 unspecified atom stereocenters. The molecule has 0 aliphatic rings. The lowest BCUT2D eigenvalue weighted by atomic mass is 10.0. The number of nitrogens with zero attached hydrogens (tertiary/aromatic N) is 1. The van der Waals surface area contributed by atoms with E-state index in [4.69, 9.17) is 9.05 Å². The Morgan fingerprint density at radius 2 is 0.721 bits per heavy atom. The van der Waals surface area contributed by atoms with E-state index in [1.807, 2.05) is 27.2 Å². The summed E-state index contributed by atoms with van der Waals surface area (Å²) in [7, 11) is 1.20. The molecule has 2 N–H and O–H groups in total. The van der Waals surface area contributed by atoms with E-state index < -0.39 is 26.6 Å². The number of allylic oxidation sites excluding steroid dienone is 25. The van der Waals surface area contributed by atoms with Gasteiger partial charge in [0.25, 0.3) is 7.82 Å². The topological polar surface area (TPSA) is 108 Å². The SMILES string of the molecule is CC/C=C\C/C=C\C/C=C\C/C=C\C/C=C\C/C=C\C/C=C\C/C=C\C/C=C\C/C=C\C/C=C\CCCCCC(=O)NC(COP(=O)([O-])OCC[N+](C)(C)C)C(O)/C=C/CC/C=C/CCCCCCCCCCCCCCCCCCCCCCC. The highest BCUT2D eigenvalue weighted by molar-refractivity contribution is 7.45. The first-order valence-electron chi connectivity index (χ1n) is 34.8. The van der Waals surface area contributed by atoms with Crippen LogP contribution in [0.15, 0.2) is 158 Å². The Balaban J connectivity index is 4.27. The van der Waals surface area contributed by atoms with Crippen molar-refractivity contribution in [1.82, 2.24) is 5.32 Å². The lowest BCUT2D eigenvalue weighted by Crippen LogP contribution is -2.45. The number of aliphatic hydroxyl groups is 1.